The van der Waals surface area contributed by atoms with Crippen LogP contribution in [0.3, 0.4) is 0 Å². The highest BCUT2D eigenvalue weighted by Crippen LogP contribution is 2.29. The van der Waals surface area contributed by atoms with Crippen LogP contribution in [0.15, 0.2) is 18.3 Å². The zero-order valence-electron chi connectivity index (χ0n) is 11.5. The second-order valence-electron chi connectivity index (χ2n) is 4.94. The van der Waals surface area contributed by atoms with Gasteiger partial charge < -0.3 is 10.0 Å². The first-order chi connectivity index (χ1) is 9.79. The molecule has 0 spiro atoms. The summed E-state index contributed by atoms with van der Waals surface area (Å²) in [6, 6.07) is 1.79. The fraction of sp³-hybridized carbons (Fsp3) is 0.538. The lowest BCUT2D eigenvalue weighted by Gasteiger charge is -2.37. The molecule has 1 aliphatic rings. The van der Waals surface area contributed by atoms with Gasteiger partial charge in [-0.2, -0.15) is 13.2 Å². The summed E-state index contributed by atoms with van der Waals surface area (Å²) in [7, 11) is 0. The Morgan fingerprint density at radius 2 is 1.90 bits per heavy atom. The van der Waals surface area contributed by atoms with Gasteiger partial charge in [0.15, 0.2) is 0 Å². The zero-order chi connectivity index (χ0) is 15.6. The first-order valence-electron chi connectivity index (χ1n) is 6.54. The molecular formula is C13H16F3N3O2. The van der Waals surface area contributed by atoms with E-state index in [1.807, 2.05) is 9.80 Å². The van der Waals surface area contributed by atoms with Crippen LogP contribution in [-0.4, -0.2) is 53.2 Å². The number of hydrogen-bond donors (Lipinski definition) is 1. The van der Waals surface area contributed by atoms with E-state index in [-0.39, 0.29) is 0 Å². The molecule has 0 saturated carbocycles. The lowest BCUT2D eigenvalue weighted by molar-refractivity contribution is -0.142. The molecule has 1 atom stereocenters. The molecule has 0 aliphatic carbocycles. The van der Waals surface area contributed by atoms with Gasteiger partial charge in [0.2, 0.25) is 0 Å². The van der Waals surface area contributed by atoms with Gasteiger partial charge in [-0.1, -0.05) is 0 Å². The summed E-state index contributed by atoms with van der Waals surface area (Å²) in [6.45, 7) is 3.77. The Labute approximate surface area is 120 Å². The van der Waals surface area contributed by atoms with Crippen LogP contribution in [0.5, 0.6) is 0 Å². The van der Waals surface area contributed by atoms with Crippen molar-refractivity contribution >= 4 is 11.8 Å². The van der Waals surface area contributed by atoms with Crippen LogP contribution in [0.2, 0.25) is 0 Å². The number of piperazine rings is 1. The molecular weight excluding hydrogens is 287 g/mol. The number of aromatic nitrogens is 1. The number of alkyl halides is 3. The molecule has 8 heteroatoms. The molecule has 1 fully saturated rings. The summed E-state index contributed by atoms with van der Waals surface area (Å²) in [5.41, 5.74) is -0.774. The topological polar surface area (TPSA) is 56.7 Å². The molecule has 1 aromatic rings. The number of carboxylic acid groups (broad SMARTS) is 1. The molecule has 0 aromatic carbocycles. The van der Waals surface area contributed by atoms with Gasteiger partial charge in [-0.3, -0.25) is 9.69 Å². The summed E-state index contributed by atoms with van der Waals surface area (Å²) in [5, 5.41) is 8.95. The average Bonchev–Trinajstić information content (AvgIpc) is 2.46. The van der Waals surface area contributed by atoms with Gasteiger partial charge in [0, 0.05) is 32.4 Å². The highest BCUT2D eigenvalue weighted by Gasteiger charge is 2.31. The van der Waals surface area contributed by atoms with Crippen molar-refractivity contribution in [2.75, 3.05) is 31.1 Å². The Bertz CT molecular complexity index is 496. The predicted octanol–water partition coefficient (Wildman–Crippen LogP) is 1.70. The number of rotatable bonds is 3. The fourth-order valence-electron chi connectivity index (χ4n) is 2.24. The summed E-state index contributed by atoms with van der Waals surface area (Å²) in [5.74, 6) is -0.401. The van der Waals surface area contributed by atoms with Crippen molar-refractivity contribution in [1.29, 1.82) is 0 Å². The standard InChI is InChI=1S/C13H16F3N3O2/c1-9(12(20)21)18-4-6-19(7-5-18)11-3-2-10(8-17-11)13(14,15)16/h2-3,8-9H,4-7H2,1H3,(H,20,21). The van der Waals surface area contributed by atoms with Crippen LogP contribution in [0.25, 0.3) is 0 Å². The monoisotopic (exact) mass is 303 g/mol. The fourth-order valence-corrected chi connectivity index (χ4v) is 2.24. The van der Waals surface area contributed by atoms with E-state index < -0.39 is 23.8 Å². The largest absolute Gasteiger partial charge is 0.480 e. The van der Waals surface area contributed by atoms with Gasteiger partial charge in [0.1, 0.15) is 11.9 Å². The van der Waals surface area contributed by atoms with Crippen molar-refractivity contribution in [2.24, 2.45) is 0 Å². The second-order valence-corrected chi connectivity index (χ2v) is 4.94. The Kier molecular flexibility index (Phi) is 4.36. The SMILES string of the molecule is CC(C(=O)O)N1CCN(c2ccc(C(F)(F)F)cn2)CC1. The maximum atomic E-state index is 12.5. The minimum Gasteiger partial charge on any atom is -0.480 e. The number of pyridine rings is 1. The molecule has 0 amide bonds. The molecule has 21 heavy (non-hydrogen) atoms. The van der Waals surface area contributed by atoms with E-state index in [1.54, 1.807) is 6.92 Å². The Hall–Kier alpha value is -1.83. The highest BCUT2D eigenvalue weighted by molar-refractivity contribution is 5.72. The highest BCUT2D eigenvalue weighted by atomic mass is 19.4. The van der Waals surface area contributed by atoms with Crippen molar-refractivity contribution in [2.45, 2.75) is 19.1 Å². The normalized spacial score (nSPS) is 18.6. The number of hydrogen-bond acceptors (Lipinski definition) is 4. The average molecular weight is 303 g/mol. The number of aliphatic carboxylic acids is 1. The molecule has 5 nitrogen and oxygen atoms in total. The quantitative estimate of drug-likeness (QED) is 0.921. The third-order valence-electron chi connectivity index (χ3n) is 3.62. The molecule has 1 N–H and O–H groups in total. The number of carbonyl (C=O) groups is 1. The maximum Gasteiger partial charge on any atom is 0.417 e. The van der Waals surface area contributed by atoms with Crippen molar-refractivity contribution < 1.29 is 23.1 Å². The van der Waals surface area contributed by atoms with E-state index in [0.29, 0.717) is 32.0 Å². The van der Waals surface area contributed by atoms with Crippen molar-refractivity contribution in [3.8, 4) is 0 Å². The number of anilines is 1. The summed E-state index contributed by atoms with van der Waals surface area (Å²) in [4.78, 5) is 18.4. The smallest absolute Gasteiger partial charge is 0.417 e. The van der Waals surface area contributed by atoms with E-state index in [0.717, 1.165) is 12.3 Å². The molecule has 1 aromatic heterocycles. The van der Waals surface area contributed by atoms with E-state index in [2.05, 4.69) is 4.98 Å². The van der Waals surface area contributed by atoms with Gasteiger partial charge in [-0.25, -0.2) is 4.98 Å². The first kappa shape index (κ1) is 15.6. The summed E-state index contributed by atoms with van der Waals surface area (Å²) in [6.07, 6.45) is -3.57. The van der Waals surface area contributed by atoms with Gasteiger partial charge in [0.25, 0.3) is 0 Å². The summed E-state index contributed by atoms with van der Waals surface area (Å²) >= 11 is 0. The van der Waals surface area contributed by atoms with Crippen LogP contribution in [-0.2, 0) is 11.0 Å². The van der Waals surface area contributed by atoms with Crippen LogP contribution < -0.4 is 4.90 Å². The molecule has 1 unspecified atom stereocenters. The van der Waals surface area contributed by atoms with Crippen LogP contribution in [0.1, 0.15) is 12.5 Å². The predicted molar refractivity (Wildman–Crippen MR) is 70.1 cm³/mol. The van der Waals surface area contributed by atoms with Crippen molar-refractivity contribution in [1.82, 2.24) is 9.88 Å². The van der Waals surface area contributed by atoms with E-state index in [9.17, 15) is 18.0 Å². The van der Waals surface area contributed by atoms with Gasteiger partial charge in [-0.15, -0.1) is 0 Å². The van der Waals surface area contributed by atoms with Crippen LogP contribution in [0, 0.1) is 0 Å². The molecule has 1 aliphatic heterocycles. The van der Waals surface area contributed by atoms with Crippen molar-refractivity contribution in [3.63, 3.8) is 0 Å². The van der Waals surface area contributed by atoms with Gasteiger partial charge in [-0.05, 0) is 19.1 Å². The molecule has 0 bridgehead atoms. The van der Waals surface area contributed by atoms with Gasteiger partial charge in [0.05, 0.1) is 5.56 Å². The Balaban J connectivity index is 1.98. The molecule has 1 saturated heterocycles. The van der Waals surface area contributed by atoms with Crippen LogP contribution >= 0.6 is 0 Å². The van der Waals surface area contributed by atoms with Gasteiger partial charge >= 0.3 is 12.1 Å². The van der Waals surface area contributed by atoms with E-state index >= 15 is 0 Å². The zero-order valence-corrected chi connectivity index (χ0v) is 11.5. The number of halogens is 3. The van der Waals surface area contributed by atoms with Crippen molar-refractivity contribution in [3.05, 3.63) is 23.9 Å². The molecule has 0 radical (unpaired) electrons. The lowest BCUT2D eigenvalue weighted by atomic mass is 10.2. The Morgan fingerprint density at radius 3 is 2.33 bits per heavy atom. The molecule has 116 valence electrons. The maximum absolute atomic E-state index is 12.5. The minimum atomic E-state index is -4.39. The minimum absolute atomic E-state index is 0.477. The second kappa shape index (κ2) is 5.88. The van der Waals surface area contributed by atoms with E-state index in [1.165, 1.54) is 6.07 Å². The first-order valence-corrected chi connectivity index (χ1v) is 6.54. The summed E-state index contributed by atoms with van der Waals surface area (Å²) < 4.78 is 37.4. The molecule has 2 rings (SSSR count). The Morgan fingerprint density at radius 1 is 1.29 bits per heavy atom. The van der Waals surface area contributed by atoms with Crippen LogP contribution in [0.4, 0.5) is 19.0 Å². The molecule has 2 heterocycles. The third-order valence-corrected chi connectivity index (χ3v) is 3.62. The number of carboxylic acids is 1. The third kappa shape index (κ3) is 3.63. The number of nitrogens with zero attached hydrogens (tertiary/aromatic N) is 3. The lowest BCUT2D eigenvalue weighted by Crippen LogP contribution is -2.51. The van der Waals surface area contributed by atoms with E-state index in [4.69, 9.17) is 5.11 Å².